The predicted octanol–water partition coefficient (Wildman–Crippen LogP) is 5.07. The summed E-state index contributed by atoms with van der Waals surface area (Å²) in [5.41, 5.74) is 3.82. The van der Waals surface area contributed by atoms with Crippen molar-refractivity contribution >= 4 is 5.69 Å². The molecule has 0 heterocycles. The zero-order valence-corrected chi connectivity index (χ0v) is 13.4. The minimum Gasteiger partial charge on any atom is -0.497 e. The van der Waals surface area contributed by atoms with Gasteiger partial charge in [-0.3, -0.25) is 0 Å². The fourth-order valence-electron chi connectivity index (χ4n) is 2.43. The Hall–Kier alpha value is -1.96. The van der Waals surface area contributed by atoms with E-state index in [-0.39, 0.29) is 6.04 Å². The Kier molecular flexibility index (Phi) is 5.26. The molecular formula is C19H25NO. The van der Waals surface area contributed by atoms with Crippen LogP contribution < -0.4 is 10.1 Å². The molecule has 0 spiro atoms. The normalized spacial score (nSPS) is 12.2. The van der Waals surface area contributed by atoms with Crippen LogP contribution in [0.1, 0.15) is 37.9 Å². The number of nitrogens with one attached hydrogen (secondary N) is 1. The highest BCUT2D eigenvalue weighted by molar-refractivity contribution is 5.48. The van der Waals surface area contributed by atoms with Crippen molar-refractivity contribution in [2.45, 2.75) is 33.2 Å². The van der Waals surface area contributed by atoms with E-state index in [9.17, 15) is 0 Å². The second-order valence-electron chi connectivity index (χ2n) is 5.93. The number of ether oxygens (including phenoxy) is 1. The molecule has 0 aliphatic rings. The molecule has 1 atom stereocenters. The van der Waals surface area contributed by atoms with Gasteiger partial charge in [0.1, 0.15) is 5.75 Å². The monoisotopic (exact) mass is 283 g/mol. The summed E-state index contributed by atoms with van der Waals surface area (Å²) in [6.45, 7) is 6.69. The molecule has 2 aromatic carbocycles. The van der Waals surface area contributed by atoms with Crippen LogP contribution in [0.3, 0.4) is 0 Å². The fourth-order valence-corrected chi connectivity index (χ4v) is 2.43. The molecule has 0 bridgehead atoms. The Labute approximate surface area is 128 Å². The number of methoxy groups -OCH3 is 1. The molecule has 1 unspecified atom stereocenters. The minimum atomic E-state index is 0.284. The van der Waals surface area contributed by atoms with E-state index in [4.69, 9.17) is 4.74 Å². The Morgan fingerprint density at radius 2 is 1.52 bits per heavy atom. The van der Waals surface area contributed by atoms with Crippen molar-refractivity contribution in [1.82, 2.24) is 0 Å². The second-order valence-corrected chi connectivity index (χ2v) is 5.93. The van der Waals surface area contributed by atoms with Crippen molar-refractivity contribution in [3.63, 3.8) is 0 Å². The molecule has 2 nitrogen and oxygen atoms in total. The van der Waals surface area contributed by atoms with Crippen LogP contribution in [0.25, 0.3) is 0 Å². The fraction of sp³-hybridized carbons (Fsp3) is 0.368. The molecule has 0 saturated carbocycles. The topological polar surface area (TPSA) is 21.3 Å². The van der Waals surface area contributed by atoms with Gasteiger partial charge in [0, 0.05) is 11.7 Å². The molecule has 0 radical (unpaired) electrons. The molecule has 0 aromatic heterocycles. The van der Waals surface area contributed by atoms with E-state index in [2.05, 4.69) is 50.4 Å². The van der Waals surface area contributed by atoms with Gasteiger partial charge in [-0.25, -0.2) is 0 Å². The Morgan fingerprint density at radius 1 is 0.905 bits per heavy atom. The highest BCUT2D eigenvalue weighted by Gasteiger charge is 2.06. The maximum atomic E-state index is 5.18. The Balaban J connectivity index is 2.00. The maximum Gasteiger partial charge on any atom is 0.119 e. The van der Waals surface area contributed by atoms with Crippen LogP contribution in [0.4, 0.5) is 5.69 Å². The van der Waals surface area contributed by atoms with Crippen LogP contribution in [0.15, 0.2) is 48.5 Å². The molecular weight excluding hydrogens is 258 g/mol. The molecule has 0 saturated heterocycles. The van der Waals surface area contributed by atoms with E-state index in [0.29, 0.717) is 5.92 Å². The lowest BCUT2D eigenvalue weighted by atomic mass is 10.00. The maximum absolute atomic E-state index is 5.18. The number of anilines is 1. The first kappa shape index (κ1) is 15.4. The summed E-state index contributed by atoms with van der Waals surface area (Å²) >= 11 is 0. The van der Waals surface area contributed by atoms with Crippen LogP contribution >= 0.6 is 0 Å². The van der Waals surface area contributed by atoms with Crippen molar-refractivity contribution in [2.24, 2.45) is 5.92 Å². The average Bonchev–Trinajstić information content (AvgIpc) is 2.48. The first-order valence-corrected chi connectivity index (χ1v) is 7.58. The summed E-state index contributed by atoms with van der Waals surface area (Å²) in [4.78, 5) is 0. The summed E-state index contributed by atoms with van der Waals surface area (Å²) in [6.07, 6.45) is 1.14. The van der Waals surface area contributed by atoms with E-state index < -0.39 is 0 Å². The summed E-state index contributed by atoms with van der Waals surface area (Å²) in [6, 6.07) is 17.2. The van der Waals surface area contributed by atoms with Crippen molar-refractivity contribution in [1.29, 1.82) is 0 Å². The quantitative estimate of drug-likeness (QED) is 0.799. The van der Waals surface area contributed by atoms with Crippen LogP contribution in [0, 0.1) is 5.92 Å². The van der Waals surface area contributed by atoms with Gasteiger partial charge in [0.05, 0.1) is 7.11 Å². The third-order valence-corrected chi connectivity index (χ3v) is 3.60. The molecule has 0 aliphatic carbocycles. The highest BCUT2D eigenvalue weighted by atomic mass is 16.5. The van der Waals surface area contributed by atoms with Crippen LogP contribution in [-0.2, 0) is 6.42 Å². The number of hydrogen-bond donors (Lipinski definition) is 1. The van der Waals surface area contributed by atoms with Gasteiger partial charge in [-0.2, -0.15) is 0 Å². The van der Waals surface area contributed by atoms with Gasteiger partial charge in [0.2, 0.25) is 0 Å². The lowest BCUT2D eigenvalue weighted by Crippen LogP contribution is -2.06. The predicted molar refractivity (Wildman–Crippen MR) is 90.0 cm³/mol. The zero-order valence-electron chi connectivity index (χ0n) is 13.4. The molecule has 0 aliphatic heterocycles. The van der Waals surface area contributed by atoms with Gasteiger partial charge in [-0.1, -0.05) is 38.1 Å². The summed E-state index contributed by atoms with van der Waals surface area (Å²) < 4.78 is 5.18. The molecule has 2 aromatic rings. The van der Waals surface area contributed by atoms with Crippen LogP contribution in [-0.4, -0.2) is 7.11 Å². The van der Waals surface area contributed by atoms with E-state index in [1.165, 1.54) is 11.1 Å². The Bertz CT molecular complexity index is 543. The van der Waals surface area contributed by atoms with E-state index >= 15 is 0 Å². The molecule has 0 fully saturated rings. The smallest absolute Gasteiger partial charge is 0.119 e. The van der Waals surface area contributed by atoms with E-state index in [1.54, 1.807) is 7.11 Å². The van der Waals surface area contributed by atoms with Crippen molar-refractivity contribution in [2.75, 3.05) is 12.4 Å². The number of rotatable bonds is 6. The van der Waals surface area contributed by atoms with Crippen LogP contribution in [0.5, 0.6) is 5.75 Å². The van der Waals surface area contributed by atoms with Gasteiger partial charge in [-0.15, -0.1) is 0 Å². The zero-order chi connectivity index (χ0) is 15.2. The lowest BCUT2D eigenvalue weighted by molar-refractivity contribution is 0.415. The molecule has 2 rings (SSSR count). The van der Waals surface area contributed by atoms with Gasteiger partial charge >= 0.3 is 0 Å². The van der Waals surface area contributed by atoms with Gasteiger partial charge in [0.25, 0.3) is 0 Å². The highest BCUT2D eigenvalue weighted by Crippen LogP contribution is 2.22. The summed E-state index contributed by atoms with van der Waals surface area (Å²) in [5.74, 6) is 1.58. The van der Waals surface area contributed by atoms with Crippen molar-refractivity contribution in [3.8, 4) is 5.75 Å². The lowest BCUT2D eigenvalue weighted by Gasteiger charge is -2.16. The molecule has 0 amide bonds. The van der Waals surface area contributed by atoms with Gasteiger partial charge in [-0.05, 0) is 54.7 Å². The third-order valence-electron chi connectivity index (χ3n) is 3.60. The third kappa shape index (κ3) is 4.52. The van der Waals surface area contributed by atoms with E-state index in [1.807, 2.05) is 24.3 Å². The SMILES string of the molecule is COc1ccc(NC(C)c2ccc(CC(C)C)cc2)cc1. The largest absolute Gasteiger partial charge is 0.497 e. The number of benzene rings is 2. The minimum absolute atomic E-state index is 0.284. The van der Waals surface area contributed by atoms with Crippen molar-refractivity contribution < 1.29 is 4.74 Å². The summed E-state index contributed by atoms with van der Waals surface area (Å²) in [7, 11) is 1.68. The molecule has 2 heteroatoms. The summed E-state index contributed by atoms with van der Waals surface area (Å²) in [5, 5.41) is 3.51. The van der Waals surface area contributed by atoms with E-state index in [0.717, 1.165) is 17.9 Å². The Morgan fingerprint density at radius 3 is 2.05 bits per heavy atom. The molecule has 1 N–H and O–H groups in total. The first-order chi connectivity index (χ1) is 10.1. The van der Waals surface area contributed by atoms with Gasteiger partial charge in [0.15, 0.2) is 0 Å². The number of hydrogen-bond acceptors (Lipinski definition) is 2. The average molecular weight is 283 g/mol. The second kappa shape index (κ2) is 7.16. The first-order valence-electron chi connectivity index (χ1n) is 7.58. The molecule has 112 valence electrons. The van der Waals surface area contributed by atoms with Crippen molar-refractivity contribution in [3.05, 3.63) is 59.7 Å². The standard InChI is InChI=1S/C19H25NO/c1-14(2)13-16-5-7-17(8-6-16)15(3)20-18-9-11-19(21-4)12-10-18/h5-12,14-15,20H,13H2,1-4H3. The molecule has 21 heavy (non-hydrogen) atoms. The van der Waals surface area contributed by atoms with Gasteiger partial charge < -0.3 is 10.1 Å². The van der Waals surface area contributed by atoms with Crippen LogP contribution in [0.2, 0.25) is 0 Å².